The molecule has 3 saturated heterocycles. The van der Waals surface area contributed by atoms with E-state index >= 15 is 0 Å². The molecule has 0 spiro atoms. The van der Waals surface area contributed by atoms with E-state index in [1.54, 1.807) is 21.7 Å². The van der Waals surface area contributed by atoms with Crippen molar-refractivity contribution >= 4 is 11.7 Å². The Balaban J connectivity index is 1.48. The molecule has 1 unspecified atom stereocenters. The zero-order chi connectivity index (χ0) is 21.6. The van der Waals surface area contributed by atoms with Crippen LogP contribution in [0, 0.1) is 28.7 Å². The number of nitrogens with zero attached hydrogens (tertiary/aromatic N) is 6. The summed E-state index contributed by atoms with van der Waals surface area (Å²) in [6.07, 6.45) is 0.729. The average Bonchev–Trinajstić information content (AvgIpc) is 3.45. The van der Waals surface area contributed by atoms with Gasteiger partial charge in [-0.1, -0.05) is 0 Å². The van der Waals surface area contributed by atoms with Gasteiger partial charge in [-0.25, -0.2) is 4.98 Å². The van der Waals surface area contributed by atoms with E-state index in [4.69, 9.17) is 0 Å². The second-order valence-electron chi connectivity index (χ2n) is 8.17. The summed E-state index contributed by atoms with van der Waals surface area (Å²) in [7, 11) is 1.75. The van der Waals surface area contributed by atoms with E-state index in [0.717, 1.165) is 31.4 Å². The number of carbonyl (C=O) groups excluding carboxylic acids is 1. The van der Waals surface area contributed by atoms with Crippen molar-refractivity contribution in [2.45, 2.75) is 50.0 Å². The topological polar surface area (TPSA) is 87.3 Å². The minimum Gasteiger partial charge on any atom is -0.355 e. The van der Waals surface area contributed by atoms with Crippen LogP contribution in [0.25, 0.3) is 0 Å². The van der Waals surface area contributed by atoms with Crippen LogP contribution < -0.4 is 4.90 Å². The standard InChI is InChI=1S/C20H21F3N6O/c1-27(16-8-14-3-4-15(16)29(14)11-25)19(30)13-6-7-28(10-13)18-12(9-24)2-5-17(26-18)20(21,22)23/h2,5,13-16H,3-4,6-8,10H2,1H3/t13?,14-,15+,16+/m0/s1. The molecule has 1 aromatic rings. The van der Waals surface area contributed by atoms with Crippen molar-refractivity contribution in [1.82, 2.24) is 14.8 Å². The molecule has 4 atom stereocenters. The molecule has 4 rings (SSSR count). The highest BCUT2D eigenvalue weighted by molar-refractivity contribution is 5.80. The van der Waals surface area contributed by atoms with Gasteiger partial charge in [0.25, 0.3) is 0 Å². The molecule has 7 nitrogen and oxygen atoms in total. The van der Waals surface area contributed by atoms with Gasteiger partial charge in [0.05, 0.1) is 23.6 Å². The lowest BCUT2D eigenvalue weighted by Gasteiger charge is -2.32. The number of halogens is 3. The van der Waals surface area contributed by atoms with Gasteiger partial charge in [-0.15, -0.1) is 0 Å². The van der Waals surface area contributed by atoms with E-state index in [2.05, 4.69) is 11.2 Å². The van der Waals surface area contributed by atoms with Crippen molar-refractivity contribution < 1.29 is 18.0 Å². The fraction of sp³-hybridized carbons (Fsp3) is 0.600. The van der Waals surface area contributed by atoms with Crippen molar-refractivity contribution in [3.05, 3.63) is 23.4 Å². The maximum atomic E-state index is 13.1. The number of nitriles is 2. The Labute approximate surface area is 172 Å². The first-order valence-corrected chi connectivity index (χ1v) is 9.92. The quantitative estimate of drug-likeness (QED) is 0.701. The number of anilines is 1. The molecule has 1 amide bonds. The van der Waals surface area contributed by atoms with Gasteiger partial charge in [0.15, 0.2) is 6.19 Å². The fourth-order valence-electron chi connectivity index (χ4n) is 5.07. The summed E-state index contributed by atoms with van der Waals surface area (Å²) in [6, 6.07) is 4.02. The Morgan fingerprint density at radius 2 is 2.03 bits per heavy atom. The lowest BCUT2D eigenvalue weighted by atomic mass is 9.93. The summed E-state index contributed by atoms with van der Waals surface area (Å²) in [4.78, 5) is 21.9. The highest BCUT2D eigenvalue weighted by Gasteiger charge is 2.49. The molecule has 0 aromatic carbocycles. The van der Waals surface area contributed by atoms with Crippen LogP contribution in [-0.4, -0.2) is 59.0 Å². The second kappa shape index (κ2) is 7.35. The number of aromatic nitrogens is 1. The zero-order valence-corrected chi connectivity index (χ0v) is 16.4. The van der Waals surface area contributed by atoms with Gasteiger partial charge in [-0.3, -0.25) is 4.79 Å². The number of rotatable bonds is 3. The summed E-state index contributed by atoms with van der Waals surface area (Å²) in [5.74, 6) is -0.480. The van der Waals surface area contributed by atoms with Gasteiger partial charge < -0.3 is 14.7 Å². The van der Waals surface area contributed by atoms with Gasteiger partial charge >= 0.3 is 6.18 Å². The molecule has 3 aliphatic rings. The molecule has 1 aromatic heterocycles. The summed E-state index contributed by atoms with van der Waals surface area (Å²) in [5.41, 5.74) is -0.996. The highest BCUT2D eigenvalue weighted by atomic mass is 19.4. The maximum absolute atomic E-state index is 13.1. The molecular weight excluding hydrogens is 397 g/mol. The molecule has 2 bridgehead atoms. The molecule has 158 valence electrons. The molecule has 30 heavy (non-hydrogen) atoms. The molecular formula is C20H21F3N6O. The number of likely N-dealkylation sites (N-methyl/N-ethyl adjacent to an activating group) is 1. The Kier molecular flexibility index (Phi) is 4.97. The predicted octanol–water partition coefficient (Wildman–Crippen LogP) is 2.34. The molecule has 4 heterocycles. The van der Waals surface area contributed by atoms with Gasteiger partial charge in [-0.2, -0.15) is 23.7 Å². The molecule has 3 fully saturated rings. The van der Waals surface area contributed by atoms with Crippen LogP contribution in [0.2, 0.25) is 0 Å². The van der Waals surface area contributed by atoms with Gasteiger partial charge in [0, 0.05) is 26.2 Å². The lowest BCUT2D eigenvalue weighted by molar-refractivity contribution is -0.141. The lowest BCUT2D eigenvalue weighted by Crippen LogP contribution is -2.47. The van der Waals surface area contributed by atoms with Crippen LogP contribution in [0.4, 0.5) is 19.0 Å². The van der Waals surface area contributed by atoms with E-state index in [1.807, 2.05) is 6.07 Å². The Hall–Kier alpha value is -3.01. The Bertz CT molecular complexity index is 936. The van der Waals surface area contributed by atoms with Gasteiger partial charge in [-0.05, 0) is 37.8 Å². The third-order valence-electron chi connectivity index (χ3n) is 6.59. The number of amides is 1. The van der Waals surface area contributed by atoms with E-state index in [1.165, 1.54) is 0 Å². The van der Waals surface area contributed by atoms with Crippen molar-refractivity contribution in [2.24, 2.45) is 5.92 Å². The van der Waals surface area contributed by atoms with Crippen LogP contribution in [0.15, 0.2) is 12.1 Å². The van der Waals surface area contributed by atoms with Crippen molar-refractivity contribution in [2.75, 3.05) is 25.0 Å². The summed E-state index contributed by atoms with van der Waals surface area (Å²) in [5, 5.41) is 18.6. The van der Waals surface area contributed by atoms with Crippen LogP contribution >= 0.6 is 0 Å². The first-order chi connectivity index (χ1) is 14.2. The van der Waals surface area contributed by atoms with Gasteiger partial charge in [0.1, 0.15) is 17.6 Å². The summed E-state index contributed by atoms with van der Waals surface area (Å²) < 4.78 is 39.2. The number of hydrogen-bond donors (Lipinski definition) is 0. The van der Waals surface area contributed by atoms with E-state index in [-0.39, 0.29) is 47.9 Å². The molecule has 3 aliphatic heterocycles. The number of alkyl halides is 3. The Morgan fingerprint density at radius 1 is 1.27 bits per heavy atom. The van der Waals surface area contributed by atoms with Crippen LogP contribution in [0.3, 0.4) is 0 Å². The van der Waals surface area contributed by atoms with Crippen molar-refractivity contribution in [1.29, 1.82) is 10.5 Å². The minimum atomic E-state index is -4.60. The first-order valence-electron chi connectivity index (χ1n) is 9.92. The largest absolute Gasteiger partial charge is 0.433 e. The number of hydrogen-bond acceptors (Lipinski definition) is 6. The summed E-state index contributed by atoms with van der Waals surface area (Å²) >= 11 is 0. The van der Waals surface area contributed by atoms with E-state index < -0.39 is 11.9 Å². The highest BCUT2D eigenvalue weighted by Crippen LogP contribution is 2.40. The zero-order valence-electron chi connectivity index (χ0n) is 16.4. The third kappa shape index (κ3) is 3.30. The second-order valence-corrected chi connectivity index (χ2v) is 8.17. The number of pyridine rings is 1. The molecule has 0 N–H and O–H groups in total. The first kappa shape index (κ1) is 20.3. The predicted molar refractivity (Wildman–Crippen MR) is 99.7 cm³/mol. The van der Waals surface area contributed by atoms with E-state index in [0.29, 0.717) is 13.0 Å². The van der Waals surface area contributed by atoms with E-state index in [9.17, 15) is 28.5 Å². The minimum absolute atomic E-state index is 0.0219. The third-order valence-corrected chi connectivity index (χ3v) is 6.59. The van der Waals surface area contributed by atoms with Gasteiger partial charge in [0.2, 0.25) is 5.91 Å². The molecule has 0 aliphatic carbocycles. The van der Waals surface area contributed by atoms with Crippen molar-refractivity contribution in [3.8, 4) is 12.3 Å². The SMILES string of the molecule is CN(C(=O)C1CCN(c2nc(C(F)(F)F)ccc2C#N)C1)[C@@H]1C[C@@H]2CC[C@H]1N2C#N. The maximum Gasteiger partial charge on any atom is 0.433 e. The number of fused-ring (bicyclic) bond motifs is 2. The molecule has 0 saturated carbocycles. The molecule has 0 radical (unpaired) electrons. The average molecular weight is 418 g/mol. The smallest absolute Gasteiger partial charge is 0.355 e. The number of carbonyl (C=O) groups is 1. The molecule has 10 heteroatoms. The van der Waals surface area contributed by atoms with Crippen molar-refractivity contribution in [3.63, 3.8) is 0 Å². The normalized spacial score (nSPS) is 27.8. The van der Waals surface area contributed by atoms with Crippen LogP contribution in [-0.2, 0) is 11.0 Å². The van der Waals surface area contributed by atoms with Crippen LogP contribution in [0.1, 0.15) is 36.9 Å². The monoisotopic (exact) mass is 418 g/mol. The Morgan fingerprint density at radius 3 is 2.67 bits per heavy atom. The summed E-state index contributed by atoms with van der Waals surface area (Å²) in [6.45, 7) is 0.573. The van der Waals surface area contributed by atoms with Crippen LogP contribution in [0.5, 0.6) is 0 Å². The fourth-order valence-corrected chi connectivity index (χ4v) is 5.07.